The smallest absolute Gasteiger partial charge is 0.320 e. The number of carboxylic acids is 1. The third-order valence-electron chi connectivity index (χ3n) is 2.80. The first-order valence-electron chi connectivity index (χ1n) is 5.92. The minimum absolute atomic E-state index is 0.168. The maximum absolute atomic E-state index is 13.3. The number of benzene rings is 1. The van der Waals surface area contributed by atoms with Gasteiger partial charge in [-0.05, 0) is 36.6 Å². The summed E-state index contributed by atoms with van der Waals surface area (Å²) in [5.41, 5.74) is 0.754. The Morgan fingerprint density at radius 3 is 2.50 bits per heavy atom. The molecule has 0 aliphatic heterocycles. The Hall–Kier alpha value is -0.940. The molecule has 2 N–H and O–H groups in total. The molecule has 3 nitrogen and oxygen atoms in total. The summed E-state index contributed by atoms with van der Waals surface area (Å²) in [6.07, 6.45) is 1.18. The second-order valence-electron chi connectivity index (χ2n) is 4.13. The van der Waals surface area contributed by atoms with Crippen LogP contribution in [0.15, 0.2) is 22.7 Å². The molecule has 0 radical (unpaired) electrons. The number of carbonyl (C=O) groups is 1. The monoisotopic (exact) mass is 317 g/mol. The molecule has 1 rings (SSSR count). The molecule has 18 heavy (non-hydrogen) atoms. The Bertz CT molecular complexity index is 405. The number of carboxylic acid groups (broad SMARTS) is 1. The highest BCUT2D eigenvalue weighted by Gasteiger charge is 2.20. The zero-order valence-electron chi connectivity index (χ0n) is 10.4. The maximum atomic E-state index is 13.3. The van der Waals surface area contributed by atoms with Gasteiger partial charge in [0.05, 0.1) is 0 Å². The van der Waals surface area contributed by atoms with Crippen LogP contribution in [0, 0.1) is 5.82 Å². The summed E-state index contributed by atoms with van der Waals surface area (Å²) in [6, 6.07) is 3.83. The Labute approximate surface area is 115 Å². The SMILES string of the molecule is CCC(NC(CC)c1cc(F)cc(Br)c1)C(=O)O. The van der Waals surface area contributed by atoms with Crippen molar-refractivity contribution in [2.75, 3.05) is 0 Å². The Morgan fingerprint density at radius 2 is 2.06 bits per heavy atom. The van der Waals surface area contributed by atoms with E-state index in [1.165, 1.54) is 12.1 Å². The van der Waals surface area contributed by atoms with E-state index < -0.39 is 12.0 Å². The predicted octanol–water partition coefficient (Wildman–Crippen LogP) is 3.49. The predicted molar refractivity (Wildman–Crippen MR) is 72.0 cm³/mol. The van der Waals surface area contributed by atoms with Crippen LogP contribution in [-0.4, -0.2) is 17.1 Å². The molecule has 0 aliphatic carbocycles. The molecule has 0 saturated heterocycles. The Balaban J connectivity index is 2.91. The van der Waals surface area contributed by atoms with Crippen LogP contribution in [0.3, 0.4) is 0 Å². The van der Waals surface area contributed by atoms with Gasteiger partial charge in [0.2, 0.25) is 0 Å². The lowest BCUT2D eigenvalue weighted by molar-refractivity contribution is -0.139. The fraction of sp³-hybridized carbons (Fsp3) is 0.462. The van der Waals surface area contributed by atoms with Gasteiger partial charge in [0.1, 0.15) is 11.9 Å². The van der Waals surface area contributed by atoms with E-state index in [0.717, 1.165) is 5.56 Å². The van der Waals surface area contributed by atoms with E-state index in [1.807, 2.05) is 6.92 Å². The summed E-state index contributed by atoms with van der Waals surface area (Å²) in [5, 5.41) is 12.1. The van der Waals surface area contributed by atoms with Gasteiger partial charge < -0.3 is 5.11 Å². The van der Waals surface area contributed by atoms with E-state index in [-0.39, 0.29) is 11.9 Å². The average molecular weight is 318 g/mol. The van der Waals surface area contributed by atoms with E-state index in [2.05, 4.69) is 21.2 Å². The van der Waals surface area contributed by atoms with Gasteiger partial charge in [-0.1, -0.05) is 29.8 Å². The highest BCUT2D eigenvalue weighted by atomic mass is 79.9. The van der Waals surface area contributed by atoms with E-state index in [4.69, 9.17) is 5.11 Å². The fourth-order valence-electron chi connectivity index (χ4n) is 1.83. The van der Waals surface area contributed by atoms with Crippen molar-refractivity contribution in [3.8, 4) is 0 Å². The number of aliphatic carboxylic acids is 1. The van der Waals surface area contributed by atoms with Crippen molar-refractivity contribution in [1.29, 1.82) is 0 Å². The molecule has 0 amide bonds. The zero-order valence-corrected chi connectivity index (χ0v) is 12.0. The molecule has 0 saturated carbocycles. The van der Waals surface area contributed by atoms with Crippen LogP contribution in [0.25, 0.3) is 0 Å². The second kappa shape index (κ2) is 6.85. The van der Waals surface area contributed by atoms with Gasteiger partial charge in [-0.25, -0.2) is 4.39 Å². The van der Waals surface area contributed by atoms with Crippen LogP contribution in [0.5, 0.6) is 0 Å². The van der Waals surface area contributed by atoms with Crippen molar-refractivity contribution >= 4 is 21.9 Å². The molecule has 5 heteroatoms. The largest absolute Gasteiger partial charge is 0.480 e. The maximum Gasteiger partial charge on any atom is 0.320 e. The summed E-state index contributed by atoms with van der Waals surface area (Å²) >= 11 is 3.24. The molecular weight excluding hydrogens is 301 g/mol. The molecule has 100 valence electrons. The lowest BCUT2D eigenvalue weighted by atomic mass is 10.0. The van der Waals surface area contributed by atoms with Crippen molar-refractivity contribution in [1.82, 2.24) is 5.32 Å². The quantitative estimate of drug-likeness (QED) is 0.844. The minimum Gasteiger partial charge on any atom is -0.480 e. The summed E-state index contributed by atoms with van der Waals surface area (Å²) < 4.78 is 14.0. The number of nitrogens with one attached hydrogen (secondary N) is 1. The first-order chi connectivity index (χ1) is 8.47. The summed E-state index contributed by atoms with van der Waals surface area (Å²) in [7, 11) is 0. The first kappa shape index (κ1) is 15.1. The van der Waals surface area contributed by atoms with Gasteiger partial charge in [-0.15, -0.1) is 0 Å². The van der Waals surface area contributed by atoms with Gasteiger partial charge in [-0.2, -0.15) is 0 Å². The number of hydrogen-bond donors (Lipinski definition) is 2. The average Bonchev–Trinajstić information content (AvgIpc) is 2.28. The summed E-state index contributed by atoms with van der Waals surface area (Å²) in [6.45, 7) is 3.74. The third-order valence-corrected chi connectivity index (χ3v) is 3.26. The zero-order chi connectivity index (χ0) is 13.7. The molecule has 0 fully saturated rings. The first-order valence-corrected chi connectivity index (χ1v) is 6.72. The molecule has 1 aromatic carbocycles. The lowest BCUT2D eigenvalue weighted by Crippen LogP contribution is -2.38. The van der Waals surface area contributed by atoms with Gasteiger partial charge in [0.25, 0.3) is 0 Å². The molecule has 0 aliphatic rings. The number of hydrogen-bond acceptors (Lipinski definition) is 2. The summed E-state index contributed by atoms with van der Waals surface area (Å²) in [4.78, 5) is 11.0. The highest BCUT2D eigenvalue weighted by molar-refractivity contribution is 9.10. The number of halogens is 2. The van der Waals surface area contributed by atoms with Gasteiger partial charge >= 0.3 is 5.97 Å². The van der Waals surface area contributed by atoms with Crippen LogP contribution in [0.1, 0.15) is 38.3 Å². The van der Waals surface area contributed by atoms with Crippen molar-refractivity contribution in [3.63, 3.8) is 0 Å². The lowest BCUT2D eigenvalue weighted by Gasteiger charge is -2.22. The van der Waals surface area contributed by atoms with E-state index >= 15 is 0 Å². The van der Waals surface area contributed by atoms with E-state index in [0.29, 0.717) is 17.3 Å². The van der Waals surface area contributed by atoms with Crippen LogP contribution in [0.2, 0.25) is 0 Å². The molecular formula is C13H17BrFNO2. The normalized spacial score (nSPS) is 14.2. The topological polar surface area (TPSA) is 49.3 Å². The van der Waals surface area contributed by atoms with E-state index in [9.17, 15) is 9.18 Å². The van der Waals surface area contributed by atoms with Gasteiger partial charge in [0, 0.05) is 10.5 Å². The Kier molecular flexibility index (Phi) is 5.75. The standard InChI is InChI=1S/C13H17BrFNO2/c1-3-11(16-12(4-2)13(17)18)8-5-9(14)7-10(15)6-8/h5-7,11-12,16H,3-4H2,1-2H3,(H,17,18). The van der Waals surface area contributed by atoms with Gasteiger partial charge in [0.15, 0.2) is 0 Å². The summed E-state index contributed by atoms with van der Waals surface area (Å²) in [5.74, 6) is -1.21. The van der Waals surface area contributed by atoms with Crippen LogP contribution in [0.4, 0.5) is 4.39 Å². The van der Waals surface area contributed by atoms with Crippen molar-refractivity contribution < 1.29 is 14.3 Å². The van der Waals surface area contributed by atoms with Crippen molar-refractivity contribution in [2.45, 2.75) is 38.8 Å². The van der Waals surface area contributed by atoms with Gasteiger partial charge in [-0.3, -0.25) is 10.1 Å². The molecule has 2 atom stereocenters. The van der Waals surface area contributed by atoms with Crippen molar-refractivity contribution in [3.05, 3.63) is 34.1 Å². The second-order valence-corrected chi connectivity index (χ2v) is 5.05. The minimum atomic E-state index is -0.883. The molecule has 1 aromatic rings. The highest BCUT2D eigenvalue weighted by Crippen LogP contribution is 2.23. The molecule has 0 bridgehead atoms. The molecule has 2 unspecified atom stereocenters. The van der Waals surface area contributed by atoms with Crippen LogP contribution < -0.4 is 5.32 Å². The fourth-order valence-corrected chi connectivity index (χ4v) is 2.32. The van der Waals surface area contributed by atoms with Crippen molar-refractivity contribution in [2.24, 2.45) is 0 Å². The van der Waals surface area contributed by atoms with E-state index in [1.54, 1.807) is 13.0 Å². The molecule has 0 heterocycles. The van der Waals surface area contributed by atoms with Crippen LogP contribution >= 0.6 is 15.9 Å². The third kappa shape index (κ3) is 4.07. The molecule has 0 aromatic heterocycles. The molecule has 0 spiro atoms. The number of rotatable bonds is 6. The van der Waals surface area contributed by atoms with Crippen LogP contribution in [-0.2, 0) is 4.79 Å². The Morgan fingerprint density at radius 1 is 1.39 bits per heavy atom.